The van der Waals surface area contributed by atoms with Crippen LogP contribution in [0.4, 0.5) is 0 Å². The number of pyridine rings is 1. The van der Waals surface area contributed by atoms with E-state index in [0.29, 0.717) is 18.3 Å². The fraction of sp³-hybridized carbons (Fsp3) is 0.429. The van der Waals surface area contributed by atoms with Gasteiger partial charge in [0.2, 0.25) is 0 Å². The molecule has 1 aliphatic heterocycles. The normalized spacial score (nSPS) is 21.2. The molecule has 1 aromatic heterocycles. The van der Waals surface area contributed by atoms with Crippen molar-refractivity contribution in [3.63, 3.8) is 0 Å². The van der Waals surface area contributed by atoms with Gasteiger partial charge >= 0.3 is 0 Å². The standard InChI is InChI=1S/C28H33N3O2/c1-2-33-24-15-9-20(10-16-24)26-19-21-7-3-4-8-25(21)27(30-26)28(32)29-22-11-13-23(14-12-22)31-17-5-6-18-31/h3-4,7-10,15-16,19,22-23H,2,5-6,11-14,17-18H2,1H3,(H,29,32). The number of nitrogens with zero attached hydrogens (tertiary/aromatic N) is 2. The summed E-state index contributed by atoms with van der Waals surface area (Å²) in [4.78, 5) is 20.9. The summed E-state index contributed by atoms with van der Waals surface area (Å²) in [6.45, 7) is 5.10. The Morgan fingerprint density at radius 1 is 1.03 bits per heavy atom. The fourth-order valence-electron chi connectivity index (χ4n) is 5.35. The lowest BCUT2D eigenvalue weighted by atomic mass is 9.90. The Morgan fingerprint density at radius 2 is 1.76 bits per heavy atom. The van der Waals surface area contributed by atoms with Crippen molar-refractivity contribution in [2.24, 2.45) is 0 Å². The number of aromatic nitrogens is 1. The first-order chi connectivity index (χ1) is 16.2. The van der Waals surface area contributed by atoms with Crippen molar-refractivity contribution in [2.75, 3.05) is 19.7 Å². The summed E-state index contributed by atoms with van der Waals surface area (Å²) in [5, 5.41) is 5.23. The molecule has 33 heavy (non-hydrogen) atoms. The van der Waals surface area contributed by atoms with Crippen LogP contribution in [0.3, 0.4) is 0 Å². The van der Waals surface area contributed by atoms with Gasteiger partial charge in [-0.2, -0.15) is 0 Å². The molecule has 0 atom stereocenters. The van der Waals surface area contributed by atoms with Crippen molar-refractivity contribution in [3.05, 3.63) is 60.3 Å². The third-order valence-corrected chi connectivity index (χ3v) is 7.11. The zero-order valence-electron chi connectivity index (χ0n) is 19.4. The maximum Gasteiger partial charge on any atom is 0.270 e. The van der Waals surface area contributed by atoms with Gasteiger partial charge in [0.1, 0.15) is 11.4 Å². The van der Waals surface area contributed by atoms with Gasteiger partial charge in [-0.25, -0.2) is 4.98 Å². The number of hydrogen-bond donors (Lipinski definition) is 1. The minimum Gasteiger partial charge on any atom is -0.494 e. The van der Waals surface area contributed by atoms with E-state index in [9.17, 15) is 4.79 Å². The molecule has 2 aliphatic rings. The maximum atomic E-state index is 13.4. The lowest BCUT2D eigenvalue weighted by Crippen LogP contribution is -2.43. The second-order valence-electron chi connectivity index (χ2n) is 9.26. The topological polar surface area (TPSA) is 54.5 Å². The summed E-state index contributed by atoms with van der Waals surface area (Å²) in [6, 6.07) is 18.9. The van der Waals surface area contributed by atoms with Crippen LogP contribution in [0.15, 0.2) is 54.6 Å². The van der Waals surface area contributed by atoms with E-state index in [1.807, 2.05) is 55.5 Å². The maximum absolute atomic E-state index is 13.4. The minimum absolute atomic E-state index is 0.0661. The third kappa shape index (κ3) is 4.88. The van der Waals surface area contributed by atoms with Crippen molar-refractivity contribution in [2.45, 2.75) is 57.5 Å². The number of fused-ring (bicyclic) bond motifs is 1. The number of rotatable bonds is 6. The van der Waals surface area contributed by atoms with Gasteiger partial charge in [0, 0.05) is 23.0 Å². The smallest absolute Gasteiger partial charge is 0.270 e. The van der Waals surface area contributed by atoms with Gasteiger partial charge < -0.3 is 15.0 Å². The van der Waals surface area contributed by atoms with E-state index in [-0.39, 0.29) is 11.9 Å². The number of amides is 1. The quantitative estimate of drug-likeness (QED) is 0.551. The summed E-state index contributed by atoms with van der Waals surface area (Å²) in [6.07, 6.45) is 7.10. The van der Waals surface area contributed by atoms with E-state index < -0.39 is 0 Å². The fourth-order valence-corrected chi connectivity index (χ4v) is 5.35. The Morgan fingerprint density at radius 3 is 2.48 bits per heavy atom. The number of hydrogen-bond acceptors (Lipinski definition) is 4. The summed E-state index contributed by atoms with van der Waals surface area (Å²) < 4.78 is 5.57. The number of likely N-dealkylation sites (tertiary alicyclic amines) is 1. The summed E-state index contributed by atoms with van der Waals surface area (Å²) in [5.74, 6) is 0.771. The van der Waals surface area contributed by atoms with Crippen LogP contribution in [0.2, 0.25) is 0 Å². The van der Waals surface area contributed by atoms with Gasteiger partial charge in [0.05, 0.1) is 12.3 Å². The third-order valence-electron chi connectivity index (χ3n) is 7.11. The predicted octanol–water partition coefficient (Wildman–Crippen LogP) is 5.44. The Balaban J connectivity index is 1.35. The molecule has 2 fully saturated rings. The Bertz CT molecular complexity index is 1100. The number of carbonyl (C=O) groups is 1. The summed E-state index contributed by atoms with van der Waals surface area (Å²) in [5.41, 5.74) is 2.29. The number of nitrogens with one attached hydrogen (secondary N) is 1. The lowest BCUT2D eigenvalue weighted by Gasteiger charge is -2.34. The second kappa shape index (κ2) is 9.92. The largest absolute Gasteiger partial charge is 0.494 e. The zero-order valence-corrected chi connectivity index (χ0v) is 19.4. The van der Waals surface area contributed by atoms with Crippen LogP contribution >= 0.6 is 0 Å². The van der Waals surface area contributed by atoms with Gasteiger partial charge in [-0.1, -0.05) is 24.3 Å². The molecule has 1 N–H and O–H groups in total. The van der Waals surface area contributed by atoms with Crippen molar-refractivity contribution >= 4 is 16.7 Å². The van der Waals surface area contributed by atoms with Crippen molar-refractivity contribution in [1.29, 1.82) is 0 Å². The van der Waals surface area contributed by atoms with Crippen LogP contribution < -0.4 is 10.1 Å². The molecule has 0 unspecified atom stereocenters. The van der Waals surface area contributed by atoms with Crippen LogP contribution in [-0.4, -0.2) is 47.6 Å². The SMILES string of the molecule is CCOc1ccc(-c2cc3ccccc3c(C(=O)NC3CCC(N4CCCC4)CC3)n2)cc1. The molecule has 5 heteroatoms. The predicted molar refractivity (Wildman–Crippen MR) is 133 cm³/mol. The molecule has 2 heterocycles. The van der Waals surface area contributed by atoms with Crippen LogP contribution in [0.25, 0.3) is 22.0 Å². The van der Waals surface area contributed by atoms with Crippen LogP contribution in [0, 0.1) is 0 Å². The Labute approximate surface area is 196 Å². The van der Waals surface area contributed by atoms with Gasteiger partial charge in [0.15, 0.2) is 0 Å². The molecule has 1 aliphatic carbocycles. The van der Waals surface area contributed by atoms with E-state index in [1.165, 1.54) is 38.8 Å². The minimum atomic E-state index is -0.0661. The molecular weight excluding hydrogens is 410 g/mol. The van der Waals surface area contributed by atoms with Crippen molar-refractivity contribution < 1.29 is 9.53 Å². The van der Waals surface area contributed by atoms with Gasteiger partial charge in [0.25, 0.3) is 5.91 Å². The number of carbonyl (C=O) groups excluding carboxylic acids is 1. The molecule has 0 bridgehead atoms. The molecule has 172 valence electrons. The second-order valence-corrected chi connectivity index (χ2v) is 9.26. The zero-order chi connectivity index (χ0) is 22.6. The molecule has 1 amide bonds. The first-order valence-corrected chi connectivity index (χ1v) is 12.4. The van der Waals surface area contributed by atoms with E-state index in [2.05, 4.69) is 16.3 Å². The van der Waals surface area contributed by atoms with Crippen LogP contribution in [0.1, 0.15) is 55.9 Å². The lowest BCUT2D eigenvalue weighted by molar-refractivity contribution is 0.0908. The van der Waals surface area contributed by atoms with Gasteiger partial charge in [-0.05, 0) is 94.3 Å². The highest BCUT2D eigenvalue weighted by Crippen LogP contribution is 2.28. The van der Waals surface area contributed by atoms with Crippen molar-refractivity contribution in [3.8, 4) is 17.0 Å². The molecule has 0 radical (unpaired) electrons. The van der Waals surface area contributed by atoms with Crippen LogP contribution in [0.5, 0.6) is 5.75 Å². The molecular formula is C28H33N3O2. The molecule has 2 aromatic carbocycles. The molecule has 5 rings (SSSR count). The first kappa shape index (κ1) is 21.9. The van der Waals surface area contributed by atoms with Crippen molar-refractivity contribution in [1.82, 2.24) is 15.2 Å². The molecule has 1 saturated heterocycles. The highest BCUT2D eigenvalue weighted by atomic mass is 16.5. The highest BCUT2D eigenvalue weighted by molar-refractivity contribution is 6.06. The highest BCUT2D eigenvalue weighted by Gasteiger charge is 2.28. The average molecular weight is 444 g/mol. The molecule has 5 nitrogen and oxygen atoms in total. The monoisotopic (exact) mass is 443 g/mol. The first-order valence-electron chi connectivity index (χ1n) is 12.4. The van der Waals surface area contributed by atoms with E-state index in [4.69, 9.17) is 9.72 Å². The van der Waals surface area contributed by atoms with Gasteiger partial charge in [-0.15, -0.1) is 0 Å². The number of ether oxygens (including phenoxy) is 1. The molecule has 3 aromatic rings. The Hall–Kier alpha value is -2.92. The average Bonchev–Trinajstić information content (AvgIpc) is 3.39. The summed E-state index contributed by atoms with van der Waals surface area (Å²) in [7, 11) is 0. The van der Waals surface area contributed by atoms with E-state index in [0.717, 1.165) is 40.6 Å². The van der Waals surface area contributed by atoms with Crippen LogP contribution in [-0.2, 0) is 0 Å². The summed E-state index contributed by atoms with van der Waals surface area (Å²) >= 11 is 0. The van der Waals surface area contributed by atoms with Gasteiger partial charge in [-0.3, -0.25) is 4.79 Å². The Kier molecular flexibility index (Phi) is 6.58. The molecule has 1 saturated carbocycles. The molecule has 0 spiro atoms. The van der Waals surface area contributed by atoms with E-state index in [1.54, 1.807) is 0 Å². The van der Waals surface area contributed by atoms with E-state index >= 15 is 0 Å². The number of benzene rings is 2.